The second kappa shape index (κ2) is 7.17. The number of hydrogen-bond donors (Lipinski definition) is 1. The fourth-order valence-electron chi connectivity index (χ4n) is 3.21. The van der Waals surface area contributed by atoms with Gasteiger partial charge in [-0.1, -0.05) is 24.9 Å². The Morgan fingerprint density at radius 3 is 2.57 bits per heavy atom. The fourth-order valence-corrected chi connectivity index (χ4v) is 3.38. The Morgan fingerprint density at radius 1 is 1.33 bits per heavy atom. The number of amides is 1. The van der Waals surface area contributed by atoms with E-state index >= 15 is 0 Å². The summed E-state index contributed by atoms with van der Waals surface area (Å²) in [6.45, 7) is 2.25. The second-order valence-corrected chi connectivity index (χ2v) is 6.38. The zero-order valence-corrected chi connectivity index (χ0v) is 13.9. The maximum Gasteiger partial charge on any atom is 0.255 e. The predicted molar refractivity (Wildman–Crippen MR) is 89.1 cm³/mol. The van der Waals surface area contributed by atoms with Gasteiger partial charge in [0, 0.05) is 30.8 Å². The first kappa shape index (κ1) is 16.2. The van der Waals surface area contributed by atoms with Gasteiger partial charge < -0.3 is 10.2 Å². The van der Waals surface area contributed by atoms with Crippen molar-refractivity contribution in [3.8, 4) is 0 Å². The predicted octanol–water partition coefficient (Wildman–Crippen LogP) is 4.42. The van der Waals surface area contributed by atoms with Crippen molar-refractivity contribution in [2.24, 2.45) is 5.92 Å². The molecule has 0 radical (unpaired) electrons. The summed E-state index contributed by atoms with van der Waals surface area (Å²) in [5.41, 5.74) is 1.49. The van der Waals surface area contributed by atoms with Gasteiger partial charge >= 0.3 is 0 Å². The van der Waals surface area contributed by atoms with Crippen LogP contribution in [-0.2, 0) is 0 Å². The Morgan fingerprint density at radius 2 is 2.00 bits per heavy atom. The Hall–Kier alpha value is -1.22. The lowest BCUT2D eigenvalue weighted by Crippen LogP contribution is -2.39. The molecule has 1 N–H and O–H groups in total. The summed E-state index contributed by atoms with van der Waals surface area (Å²) in [5, 5.41) is 3.67. The first-order chi connectivity index (χ1) is 10.1. The summed E-state index contributed by atoms with van der Waals surface area (Å²) in [7, 11) is 3.74. The van der Waals surface area contributed by atoms with Gasteiger partial charge in [-0.25, -0.2) is 0 Å². The highest BCUT2D eigenvalue weighted by atomic mass is 35.5. The van der Waals surface area contributed by atoms with E-state index < -0.39 is 0 Å². The van der Waals surface area contributed by atoms with Crippen LogP contribution in [0.2, 0.25) is 5.02 Å². The van der Waals surface area contributed by atoms with Crippen LogP contribution in [0.4, 0.5) is 5.69 Å². The van der Waals surface area contributed by atoms with Gasteiger partial charge in [-0.3, -0.25) is 4.79 Å². The molecule has 1 aromatic carbocycles. The molecule has 0 atom stereocenters. The fraction of sp³-hybridized carbons (Fsp3) is 0.588. The van der Waals surface area contributed by atoms with E-state index in [1.54, 1.807) is 12.1 Å². The van der Waals surface area contributed by atoms with Crippen LogP contribution >= 0.6 is 11.6 Å². The van der Waals surface area contributed by atoms with E-state index in [4.69, 9.17) is 11.6 Å². The lowest BCUT2D eigenvalue weighted by Gasteiger charge is -2.34. The normalized spacial score (nSPS) is 21.9. The minimum Gasteiger partial charge on any atom is -0.387 e. The maximum absolute atomic E-state index is 12.8. The van der Waals surface area contributed by atoms with E-state index in [9.17, 15) is 4.79 Å². The van der Waals surface area contributed by atoms with Gasteiger partial charge in [-0.15, -0.1) is 0 Å². The topological polar surface area (TPSA) is 32.3 Å². The highest BCUT2D eigenvalue weighted by molar-refractivity contribution is 6.31. The van der Waals surface area contributed by atoms with Crippen molar-refractivity contribution in [3.05, 3.63) is 28.8 Å². The van der Waals surface area contributed by atoms with Gasteiger partial charge in [0.1, 0.15) is 0 Å². The number of anilines is 1. The molecule has 1 fully saturated rings. The molecule has 0 unspecified atom stereocenters. The van der Waals surface area contributed by atoms with Crippen molar-refractivity contribution in [2.45, 2.75) is 45.1 Å². The molecular weight excluding hydrogens is 284 g/mol. The monoisotopic (exact) mass is 308 g/mol. The molecule has 0 spiro atoms. The maximum atomic E-state index is 12.8. The van der Waals surface area contributed by atoms with Gasteiger partial charge in [0.05, 0.1) is 5.56 Å². The van der Waals surface area contributed by atoms with Gasteiger partial charge in [0.2, 0.25) is 0 Å². The van der Waals surface area contributed by atoms with Crippen molar-refractivity contribution in [3.63, 3.8) is 0 Å². The standard InChI is InChI=1S/C17H25ClN2O/c1-4-12-5-8-14(9-6-12)20(3)17(21)15-11-13(18)7-10-16(15)19-2/h7,10-12,14,19H,4-6,8-9H2,1-3H3. The van der Waals surface area contributed by atoms with Crippen molar-refractivity contribution in [1.29, 1.82) is 0 Å². The number of nitrogens with one attached hydrogen (secondary N) is 1. The van der Waals surface area contributed by atoms with E-state index in [2.05, 4.69) is 12.2 Å². The highest BCUT2D eigenvalue weighted by Crippen LogP contribution is 2.30. The Balaban J connectivity index is 2.11. The van der Waals surface area contributed by atoms with Crippen molar-refractivity contribution in [1.82, 2.24) is 4.90 Å². The first-order valence-corrected chi connectivity index (χ1v) is 8.19. The summed E-state index contributed by atoms with van der Waals surface area (Å²) < 4.78 is 0. The second-order valence-electron chi connectivity index (χ2n) is 5.94. The number of rotatable bonds is 4. The third-order valence-corrected chi connectivity index (χ3v) is 4.98. The van der Waals surface area contributed by atoms with Crippen LogP contribution in [0.5, 0.6) is 0 Å². The first-order valence-electron chi connectivity index (χ1n) is 7.81. The van der Waals surface area contributed by atoms with Crippen LogP contribution < -0.4 is 5.32 Å². The summed E-state index contributed by atoms with van der Waals surface area (Å²) in [6.07, 6.45) is 5.93. The molecule has 116 valence electrons. The van der Waals surface area contributed by atoms with E-state index in [0.717, 1.165) is 24.4 Å². The van der Waals surface area contributed by atoms with Gasteiger partial charge in [0.25, 0.3) is 5.91 Å². The SMILES string of the molecule is CCC1CCC(N(C)C(=O)c2cc(Cl)ccc2NC)CC1. The average Bonchev–Trinajstić information content (AvgIpc) is 2.53. The molecule has 1 aliphatic rings. The number of hydrogen-bond acceptors (Lipinski definition) is 2. The summed E-state index contributed by atoms with van der Waals surface area (Å²) in [6, 6.07) is 5.77. The number of halogens is 1. The quantitative estimate of drug-likeness (QED) is 0.893. The largest absolute Gasteiger partial charge is 0.387 e. The van der Waals surface area contributed by atoms with E-state index in [1.165, 1.54) is 19.3 Å². The molecule has 1 aliphatic carbocycles. The minimum absolute atomic E-state index is 0.0572. The lowest BCUT2D eigenvalue weighted by molar-refractivity contribution is 0.0675. The minimum atomic E-state index is 0.0572. The van der Waals surface area contributed by atoms with Crippen molar-refractivity contribution >= 4 is 23.2 Å². The molecule has 0 aromatic heterocycles. The molecule has 0 saturated heterocycles. The summed E-state index contributed by atoms with van der Waals surface area (Å²) >= 11 is 6.05. The molecular formula is C17H25ClN2O. The van der Waals surface area contributed by atoms with Crippen LogP contribution in [0.3, 0.4) is 0 Å². The van der Waals surface area contributed by atoms with Crippen LogP contribution in [0.1, 0.15) is 49.4 Å². The van der Waals surface area contributed by atoms with Crippen LogP contribution in [-0.4, -0.2) is 30.9 Å². The molecule has 0 bridgehead atoms. The van der Waals surface area contributed by atoms with E-state index in [0.29, 0.717) is 16.6 Å². The summed E-state index contributed by atoms with van der Waals surface area (Å²) in [5.74, 6) is 0.894. The molecule has 0 aliphatic heterocycles. The van der Waals surface area contributed by atoms with Crippen LogP contribution in [0.25, 0.3) is 0 Å². The number of carbonyl (C=O) groups excluding carboxylic acids is 1. The van der Waals surface area contributed by atoms with Crippen molar-refractivity contribution in [2.75, 3.05) is 19.4 Å². The van der Waals surface area contributed by atoms with Crippen molar-refractivity contribution < 1.29 is 4.79 Å². The molecule has 1 saturated carbocycles. The summed E-state index contributed by atoms with van der Waals surface area (Å²) in [4.78, 5) is 14.7. The average molecular weight is 309 g/mol. The molecule has 21 heavy (non-hydrogen) atoms. The number of benzene rings is 1. The number of nitrogens with zero attached hydrogens (tertiary/aromatic N) is 1. The lowest BCUT2D eigenvalue weighted by atomic mass is 9.84. The molecule has 4 heteroatoms. The van der Waals surface area contributed by atoms with Crippen LogP contribution in [0, 0.1) is 5.92 Å². The molecule has 3 nitrogen and oxygen atoms in total. The van der Waals surface area contributed by atoms with Crippen LogP contribution in [0.15, 0.2) is 18.2 Å². The molecule has 1 amide bonds. The Labute approximate surface area is 132 Å². The zero-order valence-electron chi connectivity index (χ0n) is 13.2. The third kappa shape index (κ3) is 3.70. The zero-order chi connectivity index (χ0) is 15.4. The molecule has 0 heterocycles. The van der Waals surface area contributed by atoms with E-state index in [1.807, 2.05) is 25.1 Å². The Bertz CT molecular complexity index is 496. The number of carbonyl (C=O) groups is 1. The van der Waals surface area contributed by atoms with Gasteiger partial charge in [-0.2, -0.15) is 0 Å². The smallest absolute Gasteiger partial charge is 0.255 e. The van der Waals surface area contributed by atoms with E-state index in [-0.39, 0.29) is 5.91 Å². The van der Waals surface area contributed by atoms with Gasteiger partial charge in [0.15, 0.2) is 0 Å². The third-order valence-electron chi connectivity index (χ3n) is 4.74. The Kier molecular flexibility index (Phi) is 5.51. The molecule has 1 aromatic rings. The van der Waals surface area contributed by atoms with Gasteiger partial charge in [-0.05, 0) is 49.8 Å². The highest BCUT2D eigenvalue weighted by Gasteiger charge is 2.27. The molecule has 2 rings (SSSR count).